The van der Waals surface area contributed by atoms with Gasteiger partial charge in [-0.15, -0.1) is 0 Å². The lowest BCUT2D eigenvalue weighted by atomic mass is 9.90. The number of rotatable bonds is 1. The minimum atomic E-state index is 0.189. The van der Waals surface area contributed by atoms with Crippen molar-refractivity contribution in [2.24, 2.45) is 5.41 Å². The Morgan fingerprint density at radius 3 is 2.23 bits per heavy atom. The molecule has 4 heteroatoms. The lowest BCUT2D eigenvalue weighted by molar-refractivity contribution is 0.407. The molecule has 1 aromatic heterocycles. The average Bonchev–Trinajstić information content (AvgIpc) is 2.15. The van der Waals surface area contributed by atoms with E-state index in [1.54, 1.807) is 0 Å². The van der Waals surface area contributed by atoms with Crippen LogP contribution in [-0.2, 0) is 6.42 Å². The van der Waals surface area contributed by atoms with Crippen molar-refractivity contribution in [2.75, 3.05) is 11.6 Å². The Labute approximate surface area is 78.9 Å². The summed E-state index contributed by atoms with van der Waals surface area (Å²) in [5.74, 6) is 6.99. The monoisotopic (exact) mass is 182 g/mol. The standard InChI is InChI=1S/C9H18N4/c1-6-12-7(5-9(2,3)4)8(10)13(6)11/h5,10-11H2,1-4H3. The van der Waals surface area contributed by atoms with Gasteiger partial charge in [-0.2, -0.15) is 0 Å². The molecule has 1 heterocycles. The van der Waals surface area contributed by atoms with Crippen molar-refractivity contribution < 1.29 is 0 Å². The van der Waals surface area contributed by atoms with Gasteiger partial charge in [0.05, 0.1) is 5.69 Å². The van der Waals surface area contributed by atoms with E-state index in [4.69, 9.17) is 11.6 Å². The molecule has 1 aromatic rings. The van der Waals surface area contributed by atoms with E-state index in [0.29, 0.717) is 5.82 Å². The van der Waals surface area contributed by atoms with Gasteiger partial charge in [-0.3, -0.25) is 0 Å². The Kier molecular flexibility index (Phi) is 2.24. The largest absolute Gasteiger partial charge is 0.382 e. The maximum atomic E-state index is 5.79. The lowest BCUT2D eigenvalue weighted by Gasteiger charge is -2.16. The van der Waals surface area contributed by atoms with Crippen LogP contribution >= 0.6 is 0 Å². The first-order chi connectivity index (χ1) is 5.81. The summed E-state index contributed by atoms with van der Waals surface area (Å²) in [5.41, 5.74) is 6.87. The Balaban J connectivity index is 2.97. The van der Waals surface area contributed by atoms with Gasteiger partial charge < -0.3 is 11.6 Å². The van der Waals surface area contributed by atoms with E-state index in [0.717, 1.165) is 17.9 Å². The number of aromatic nitrogens is 2. The Morgan fingerprint density at radius 1 is 1.38 bits per heavy atom. The Hall–Kier alpha value is -1.19. The van der Waals surface area contributed by atoms with Crippen molar-refractivity contribution in [1.29, 1.82) is 0 Å². The van der Waals surface area contributed by atoms with Crippen LogP contribution in [0.25, 0.3) is 0 Å². The maximum Gasteiger partial charge on any atom is 0.145 e. The topological polar surface area (TPSA) is 69.9 Å². The van der Waals surface area contributed by atoms with E-state index >= 15 is 0 Å². The first kappa shape index (κ1) is 9.89. The first-order valence-electron chi connectivity index (χ1n) is 4.40. The van der Waals surface area contributed by atoms with E-state index in [2.05, 4.69) is 25.8 Å². The third-order valence-electron chi connectivity index (χ3n) is 1.90. The number of hydrogen-bond acceptors (Lipinski definition) is 3. The molecular weight excluding hydrogens is 164 g/mol. The van der Waals surface area contributed by atoms with Crippen molar-refractivity contribution in [1.82, 2.24) is 9.66 Å². The predicted molar refractivity (Wildman–Crippen MR) is 54.7 cm³/mol. The molecule has 0 saturated carbocycles. The molecule has 0 aliphatic heterocycles. The van der Waals surface area contributed by atoms with Gasteiger partial charge in [0.2, 0.25) is 0 Å². The molecule has 0 bridgehead atoms. The van der Waals surface area contributed by atoms with Gasteiger partial charge in [-0.1, -0.05) is 20.8 Å². The quantitative estimate of drug-likeness (QED) is 0.638. The summed E-state index contributed by atoms with van der Waals surface area (Å²) >= 11 is 0. The van der Waals surface area contributed by atoms with Crippen molar-refractivity contribution in [3.8, 4) is 0 Å². The van der Waals surface area contributed by atoms with E-state index in [9.17, 15) is 0 Å². The molecule has 0 aliphatic carbocycles. The zero-order valence-electron chi connectivity index (χ0n) is 8.76. The molecule has 0 saturated heterocycles. The number of imidazole rings is 1. The van der Waals surface area contributed by atoms with Crippen LogP contribution in [-0.4, -0.2) is 9.66 Å². The molecule has 74 valence electrons. The van der Waals surface area contributed by atoms with E-state index < -0.39 is 0 Å². The lowest BCUT2D eigenvalue weighted by Crippen LogP contribution is -2.15. The minimum Gasteiger partial charge on any atom is -0.382 e. The van der Waals surface area contributed by atoms with Crippen molar-refractivity contribution in [2.45, 2.75) is 34.1 Å². The Morgan fingerprint density at radius 2 is 1.92 bits per heavy atom. The molecule has 1 rings (SSSR count). The van der Waals surface area contributed by atoms with Gasteiger partial charge in [-0.05, 0) is 18.8 Å². The number of nitrogens with two attached hydrogens (primary N) is 2. The molecule has 0 spiro atoms. The van der Waals surface area contributed by atoms with Crippen LogP contribution in [0.4, 0.5) is 5.82 Å². The van der Waals surface area contributed by atoms with Crippen LogP contribution in [0.15, 0.2) is 0 Å². The fourth-order valence-corrected chi connectivity index (χ4v) is 1.25. The summed E-state index contributed by atoms with van der Waals surface area (Å²) in [6.45, 7) is 8.30. The molecule has 0 amide bonds. The maximum absolute atomic E-state index is 5.79. The number of nitrogens with zero attached hydrogens (tertiary/aromatic N) is 2. The Bertz CT molecular complexity index is 306. The molecule has 13 heavy (non-hydrogen) atoms. The van der Waals surface area contributed by atoms with Crippen LogP contribution in [0, 0.1) is 12.3 Å². The molecule has 0 atom stereocenters. The minimum absolute atomic E-state index is 0.189. The number of aryl methyl sites for hydroxylation is 1. The second kappa shape index (κ2) is 2.94. The van der Waals surface area contributed by atoms with Crippen LogP contribution in [0.5, 0.6) is 0 Å². The summed E-state index contributed by atoms with van der Waals surface area (Å²) in [7, 11) is 0. The molecule has 0 radical (unpaired) electrons. The summed E-state index contributed by atoms with van der Waals surface area (Å²) in [6.07, 6.45) is 0.851. The molecular formula is C9H18N4. The van der Waals surface area contributed by atoms with Gasteiger partial charge in [0, 0.05) is 0 Å². The van der Waals surface area contributed by atoms with E-state index in [-0.39, 0.29) is 5.41 Å². The van der Waals surface area contributed by atoms with Crippen LogP contribution in [0.3, 0.4) is 0 Å². The normalized spacial score (nSPS) is 12.0. The summed E-state index contributed by atoms with van der Waals surface area (Å²) in [4.78, 5) is 4.31. The molecule has 0 fully saturated rings. The van der Waals surface area contributed by atoms with Gasteiger partial charge in [0.1, 0.15) is 11.6 Å². The molecule has 0 unspecified atom stereocenters. The number of anilines is 1. The van der Waals surface area contributed by atoms with E-state index in [1.807, 2.05) is 6.92 Å². The highest BCUT2D eigenvalue weighted by atomic mass is 15.4. The van der Waals surface area contributed by atoms with E-state index in [1.165, 1.54) is 4.68 Å². The van der Waals surface area contributed by atoms with Crippen molar-refractivity contribution in [3.63, 3.8) is 0 Å². The summed E-state index contributed by atoms with van der Waals surface area (Å²) in [5, 5.41) is 0. The first-order valence-corrected chi connectivity index (χ1v) is 4.40. The summed E-state index contributed by atoms with van der Waals surface area (Å²) < 4.78 is 1.43. The molecule has 4 nitrogen and oxygen atoms in total. The van der Waals surface area contributed by atoms with Crippen molar-refractivity contribution >= 4 is 5.82 Å². The molecule has 0 aromatic carbocycles. The van der Waals surface area contributed by atoms with Gasteiger partial charge >= 0.3 is 0 Å². The van der Waals surface area contributed by atoms with Crippen LogP contribution in [0.2, 0.25) is 0 Å². The van der Waals surface area contributed by atoms with Gasteiger partial charge in [0.15, 0.2) is 0 Å². The number of hydrogen-bond donors (Lipinski definition) is 2. The van der Waals surface area contributed by atoms with Crippen molar-refractivity contribution in [3.05, 3.63) is 11.5 Å². The zero-order valence-corrected chi connectivity index (χ0v) is 8.76. The third-order valence-corrected chi connectivity index (χ3v) is 1.90. The molecule has 4 N–H and O–H groups in total. The van der Waals surface area contributed by atoms with Gasteiger partial charge in [0.25, 0.3) is 0 Å². The third kappa shape index (κ3) is 2.14. The second-order valence-electron chi connectivity index (χ2n) is 4.60. The smallest absolute Gasteiger partial charge is 0.145 e. The second-order valence-corrected chi connectivity index (χ2v) is 4.60. The predicted octanol–water partition coefficient (Wildman–Crippen LogP) is 1.08. The summed E-state index contributed by atoms with van der Waals surface area (Å²) in [6, 6.07) is 0. The fourth-order valence-electron chi connectivity index (χ4n) is 1.25. The zero-order chi connectivity index (χ0) is 10.2. The average molecular weight is 182 g/mol. The highest BCUT2D eigenvalue weighted by Crippen LogP contribution is 2.23. The van der Waals surface area contributed by atoms with Crippen LogP contribution in [0.1, 0.15) is 32.3 Å². The molecule has 0 aliphatic rings. The van der Waals surface area contributed by atoms with Crippen LogP contribution < -0.4 is 11.6 Å². The fraction of sp³-hybridized carbons (Fsp3) is 0.667. The highest BCUT2D eigenvalue weighted by molar-refractivity contribution is 5.38. The number of nitrogen functional groups attached to an aromatic ring is 2. The highest BCUT2D eigenvalue weighted by Gasteiger charge is 2.17. The van der Waals surface area contributed by atoms with Gasteiger partial charge in [-0.25, -0.2) is 9.66 Å². The SMILES string of the molecule is Cc1nc(CC(C)(C)C)c(N)n1N.